The van der Waals surface area contributed by atoms with Crippen LogP contribution in [0.5, 0.6) is 0 Å². The van der Waals surface area contributed by atoms with Crippen molar-refractivity contribution in [1.29, 1.82) is 0 Å². The number of aryl methyl sites for hydroxylation is 3. The molecule has 2 aromatic carbocycles. The first-order chi connectivity index (χ1) is 11.4. The molecule has 3 rings (SSSR count). The summed E-state index contributed by atoms with van der Waals surface area (Å²) >= 11 is 0. The summed E-state index contributed by atoms with van der Waals surface area (Å²) in [7, 11) is -3.69. The van der Waals surface area contributed by atoms with Crippen LogP contribution in [-0.2, 0) is 10.0 Å². The largest absolute Gasteiger partial charge is 0.280 e. The van der Waals surface area contributed by atoms with Crippen molar-refractivity contribution in [3.05, 3.63) is 53.1 Å². The molecule has 2 N–H and O–H groups in total. The Morgan fingerprint density at radius 3 is 2.38 bits per heavy atom. The summed E-state index contributed by atoms with van der Waals surface area (Å²) in [5.74, 6) is 0.402. The van der Waals surface area contributed by atoms with Gasteiger partial charge in [0.2, 0.25) is 5.82 Å². The van der Waals surface area contributed by atoms with E-state index in [0.29, 0.717) is 33.1 Å². The van der Waals surface area contributed by atoms with Crippen LogP contribution in [0.25, 0.3) is 11.4 Å². The van der Waals surface area contributed by atoms with Crippen LogP contribution in [0, 0.1) is 20.8 Å². The molecule has 0 aliphatic heterocycles. The zero-order chi connectivity index (χ0) is 17.3. The Bertz CT molecular complexity index is 958. The lowest BCUT2D eigenvalue weighted by molar-refractivity contribution is 0.600. The molecule has 0 atom stereocenters. The van der Waals surface area contributed by atoms with Gasteiger partial charge in [-0.3, -0.25) is 4.72 Å². The summed E-state index contributed by atoms with van der Waals surface area (Å²) in [6.07, 6.45) is 0. The Labute approximate surface area is 140 Å². The van der Waals surface area contributed by atoms with Gasteiger partial charge in [0.25, 0.3) is 10.0 Å². The molecule has 7 nitrogen and oxygen atoms in total. The summed E-state index contributed by atoms with van der Waals surface area (Å²) in [4.78, 5) is 0.304. The number of tetrazole rings is 1. The number of nitrogens with one attached hydrogen (secondary N) is 2. The molecule has 1 heterocycles. The molecule has 24 heavy (non-hydrogen) atoms. The SMILES string of the molecule is Cc1cc(C)c(S(=O)(=O)Nc2cccc(-c3nn[nH]n3)c2)c(C)c1. The van der Waals surface area contributed by atoms with E-state index in [9.17, 15) is 8.42 Å². The van der Waals surface area contributed by atoms with Crippen LogP contribution >= 0.6 is 0 Å². The van der Waals surface area contributed by atoms with Gasteiger partial charge in [-0.15, -0.1) is 10.2 Å². The zero-order valence-corrected chi connectivity index (χ0v) is 14.3. The predicted octanol–water partition coefficient (Wildman–Crippen LogP) is 2.59. The highest BCUT2D eigenvalue weighted by Gasteiger charge is 2.20. The first-order valence-corrected chi connectivity index (χ1v) is 8.80. The number of hydrogen-bond donors (Lipinski definition) is 2. The van der Waals surface area contributed by atoms with Crippen LogP contribution in [0.2, 0.25) is 0 Å². The third kappa shape index (κ3) is 3.13. The molecule has 3 aromatic rings. The van der Waals surface area contributed by atoms with Gasteiger partial charge in [-0.2, -0.15) is 5.21 Å². The van der Waals surface area contributed by atoms with E-state index in [1.165, 1.54) is 0 Å². The molecular weight excluding hydrogens is 326 g/mol. The number of aromatic amines is 1. The van der Waals surface area contributed by atoms with Crippen molar-refractivity contribution in [2.75, 3.05) is 4.72 Å². The number of H-pyrrole nitrogens is 1. The fourth-order valence-corrected chi connectivity index (χ4v) is 4.31. The second-order valence-electron chi connectivity index (χ2n) is 5.65. The van der Waals surface area contributed by atoms with Crippen molar-refractivity contribution in [2.45, 2.75) is 25.7 Å². The third-order valence-electron chi connectivity index (χ3n) is 3.59. The van der Waals surface area contributed by atoms with Gasteiger partial charge in [0.05, 0.1) is 4.90 Å². The smallest absolute Gasteiger partial charge is 0.262 e. The molecule has 1 aromatic heterocycles. The topological polar surface area (TPSA) is 101 Å². The minimum absolute atomic E-state index is 0.304. The number of rotatable bonds is 4. The Morgan fingerprint density at radius 2 is 1.75 bits per heavy atom. The van der Waals surface area contributed by atoms with Crippen LogP contribution in [-0.4, -0.2) is 29.0 Å². The van der Waals surface area contributed by atoms with E-state index in [0.717, 1.165) is 5.56 Å². The molecule has 0 saturated heterocycles. The molecule has 8 heteroatoms. The average Bonchev–Trinajstić information content (AvgIpc) is 2.99. The Hall–Kier alpha value is -2.74. The van der Waals surface area contributed by atoms with Crippen molar-refractivity contribution < 1.29 is 8.42 Å². The monoisotopic (exact) mass is 343 g/mol. The van der Waals surface area contributed by atoms with Crippen molar-refractivity contribution in [1.82, 2.24) is 20.6 Å². The summed E-state index contributed by atoms with van der Waals surface area (Å²) in [6.45, 7) is 5.53. The lowest BCUT2D eigenvalue weighted by Crippen LogP contribution is -2.16. The maximum atomic E-state index is 12.8. The predicted molar refractivity (Wildman–Crippen MR) is 91.1 cm³/mol. The quantitative estimate of drug-likeness (QED) is 0.758. The number of hydrogen-bond acceptors (Lipinski definition) is 5. The zero-order valence-electron chi connectivity index (χ0n) is 13.5. The molecule has 0 radical (unpaired) electrons. The maximum absolute atomic E-state index is 12.8. The van der Waals surface area contributed by atoms with Crippen LogP contribution in [0.15, 0.2) is 41.3 Å². The number of anilines is 1. The van der Waals surface area contributed by atoms with Crippen LogP contribution in [0.4, 0.5) is 5.69 Å². The molecule has 0 aliphatic rings. The highest BCUT2D eigenvalue weighted by atomic mass is 32.2. The third-order valence-corrected chi connectivity index (χ3v) is 5.28. The van der Waals surface area contributed by atoms with E-state index >= 15 is 0 Å². The van der Waals surface area contributed by atoms with Gasteiger partial charge >= 0.3 is 0 Å². The van der Waals surface area contributed by atoms with E-state index in [2.05, 4.69) is 25.3 Å². The van der Waals surface area contributed by atoms with Crippen molar-refractivity contribution in [2.24, 2.45) is 0 Å². The summed E-state index contributed by atoms with van der Waals surface area (Å²) in [6, 6.07) is 10.6. The number of aromatic nitrogens is 4. The second-order valence-corrected chi connectivity index (χ2v) is 7.27. The van der Waals surface area contributed by atoms with Crippen LogP contribution < -0.4 is 4.72 Å². The highest BCUT2D eigenvalue weighted by molar-refractivity contribution is 7.92. The van der Waals surface area contributed by atoms with Crippen LogP contribution in [0.1, 0.15) is 16.7 Å². The Balaban J connectivity index is 1.98. The molecule has 0 amide bonds. The minimum atomic E-state index is -3.69. The molecule has 0 aliphatic carbocycles. The molecule has 0 fully saturated rings. The average molecular weight is 343 g/mol. The molecule has 0 spiro atoms. The van der Waals surface area contributed by atoms with Crippen molar-refractivity contribution in [3.8, 4) is 11.4 Å². The maximum Gasteiger partial charge on any atom is 0.262 e. The fourth-order valence-electron chi connectivity index (χ4n) is 2.80. The van der Waals surface area contributed by atoms with Gasteiger partial charge in [-0.1, -0.05) is 29.8 Å². The van der Waals surface area contributed by atoms with Crippen molar-refractivity contribution in [3.63, 3.8) is 0 Å². The van der Waals surface area contributed by atoms with Gasteiger partial charge in [0.15, 0.2) is 0 Å². The molecular formula is C16H17N5O2S. The van der Waals surface area contributed by atoms with Crippen LogP contribution in [0.3, 0.4) is 0 Å². The Morgan fingerprint density at radius 1 is 1.04 bits per heavy atom. The normalized spacial score (nSPS) is 11.5. The van der Waals surface area contributed by atoms with E-state index in [1.807, 2.05) is 19.1 Å². The number of sulfonamides is 1. The van der Waals surface area contributed by atoms with E-state index in [1.54, 1.807) is 38.1 Å². The minimum Gasteiger partial charge on any atom is -0.280 e. The first kappa shape index (κ1) is 16.1. The molecule has 0 bridgehead atoms. The highest BCUT2D eigenvalue weighted by Crippen LogP contribution is 2.25. The number of nitrogens with zero attached hydrogens (tertiary/aromatic N) is 3. The first-order valence-electron chi connectivity index (χ1n) is 7.31. The van der Waals surface area contributed by atoms with Crippen molar-refractivity contribution >= 4 is 15.7 Å². The van der Waals surface area contributed by atoms with Gasteiger partial charge < -0.3 is 0 Å². The van der Waals surface area contributed by atoms with E-state index in [4.69, 9.17) is 0 Å². The van der Waals surface area contributed by atoms with E-state index in [-0.39, 0.29) is 0 Å². The van der Waals surface area contributed by atoms with Gasteiger partial charge in [-0.25, -0.2) is 8.42 Å². The molecule has 124 valence electrons. The second kappa shape index (κ2) is 6.04. The lowest BCUT2D eigenvalue weighted by atomic mass is 10.1. The fraction of sp³-hybridized carbons (Fsp3) is 0.188. The summed E-state index contributed by atoms with van der Waals surface area (Å²) in [5, 5.41) is 13.7. The molecule has 0 unspecified atom stereocenters. The Kier molecular flexibility index (Phi) is 4.06. The van der Waals surface area contributed by atoms with Gasteiger partial charge in [0, 0.05) is 11.3 Å². The summed E-state index contributed by atoms with van der Waals surface area (Å²) in [5.41, 5.74) is 3.57. The number of benzene rings is 2. The van der Waals surface area contributed by atoms with Gasteiger partial charge in [0.1, 0.15) is 0 Å². The summed E-state index contributed by atoms with van der Waals surface area (Å²) < 4.78 is 28.2. The lowest BCUT2D eigenvalue weighted by Gasteiger charge is -2.14. The standard InChI is InChI=1S/C16H17N5O2S/c1-10-7-11(2)15(12(3)8-10)24(22,23)19-14-6-4-5-13(9-14)16-17-20-21-18-16/h4-9,19H,1-3H3,(H,17,18,20,21). The van der Waals surface area contributed by atoms with Gasteiger partial charge in [-0.05, 0) is 49.2 Å². The van der Waals surface area contributed by atoms with E-state index < -0.39 is 10.0 Å². The molecule has 0 saturated carbocycles.